The van der Waals surface area contributed by atoms with Gasteiger partial charge in [0.05, 0.1) is 23.5 Å². The number of alkyl carbamates (subject to hydrolysis) is 1. The van der Waals surface area contributed by atoms with Crippen LogP contribution in [0.25, 0.3) is 0 Å². The third-order valence-electron chi connectivity index (χ3n) is 9.76. The average molecular weight is 867 g/mol. The molecule has 0 bridgehead atoms. The number of nitrogens with two attached hydrogens (primary N) is 1. The molecular weight excluding hydrogens is 799 g/mol. The number of halogens is 2. The Kier molecular flexibility index (Phi) is 21.1. The van der Waals surface area contributed by atoms with Gasteiger partial charge in [-0.15, -0.1) is 0 Å². The van der Waals surface area contributed by atoms with E-state index in [0.717, 1.165) is 82.9 Å². The van der Waals surface area contributed by atoms with E-state index in [0.29, 0.717) is 46.4 Å². The first-order valence-corrected chi connectivity index (χ1v) is 21.4. The van der Waals surface area contributed by atoms with Crippen LogP contribution in [0.5, 0.6) is 0 Å². The SMILES string of the molecule is C.C.CCCNc1nc(Nc2cccc(F)c2)ncc1C#C[C@@H]1CCC[C@H](N)C1.CCCNc1nc(Nc2cccc(F)c2)ncc1C#C[C@@H]1CCC[C@H](NC(=O)OC(C)(C)C)C1. The zero-order chi connectivity index (χ0) is 43.6. The maximum atomic E-state index is 13.5. The zero-order valence-electron chi connectivity index (χ0n) is 36.0. The molecule has 6 rings (SSSR count). The van der Waals surface area contributed by atoms with Crippen molar-refractivity contribution in [2.75, 3.05) is 34.4 Å². The lowest BCUT2D eigenvalue weighted by atomic mass is 9.86. The number of carbonyl (C=O) groups is 1. The summed E-state index contributed by atoms with van der Waals surface area (Å²) in [5, 5.41) is 15.6. The summed E-state index contributed by atoms with van der Waals surface area (Å²) < 4.78 is 32.2. The highest BCUT2D eigenvalue weighted by molar-refractivity contribution is 5.68. The van der Waals surface area contributed by atoms with Crippen molar-refractivity contribution in [3.05, 3.63) is 83.7 Å². The van der Waals surface area contributed by atoms with Crippen molar-refractivity contribution in [2.24, 2.45) is 17.6 Å². The van der Waals surface area contributed by atoms with Gasteiger partial charge in [0.2, 0.25) is 11.9 Å². The monoisotopic (exact) mass is 867 g/mol. The Labute approximate surface area is 374 Å². The summed E-state index contributed by atoms with van der Waals surface area (Å²) in [4.78, 5) is 29.9. The van der Waals surface area contributed by atoms with E-state index in [9.17, 15) is 13.6 Å². The van der Waals surface area contributed by atoms with Crippen LogP contribution in [-0.2, 0) is 4.74 Å². The van der Waals surface area contributed by atoms with Gasteiger partial charge in [-0.1, -0.05) is 77.4 Å². The first-order chi connectivity index (χ1) is 29.3. The topological polar surface area (TPSA) is 164 Å². The van der Waals surface area contributed by atoms with E-state index >= 15 is 0 Å². The highest BCUT2D eigenvalue weighted by atomic mass is 19.1. The largest absolute Gasteiger partial charge is 0.444 e. The summed E-state index contributed by atoms with van der Waals surface area (Å²) in [6.07, 6.45) is 12.9. The first-order valence-electron chi connectivity index (χ1n) is 21.4. The molecule has 2 aromatic carbocycles. The molecule has 0 radical (unpaired) electrons. The zero-order valence-corrected chi connectivity index (χ0v) is 36.0. The minimum atomic E-state index is -0.518. The van der Waals surface area contributed by atoms with E-state index in [2.05, 4.69) is 84.0 Å². The van der Waals surface area contributed by atoms with Crippen LogP contribution in [-0.4, -0.2) is 56.8 Å². The second-order valence-electron chi connectivity index (χ2n) is 16.4. The molecule has 340 valence electrons. The molecule has 2 aliphatic carbocycles. The van der Waals surface area contributed by atoms with Gasteiger partial charge in [0.25, 0.3) is 0 Å². The van der Waals surface area contributed by atoms with E-state index in [1.54, 1.807) is 36.7 Å². The minimum Gasteiger partial charge on any atom is -0.444 e. The van der Waals surface area contributed by atoms with Gasteiger partial charge in [-0.25, -0.2) is 23.5 Å². The third kappa shape index (κ3) is 18.1. The Balaban J connectivity index is 0.000000333. The smallest absolute Gasteiger partial charge is 0.407 e. The molecular formula is C49H68F2N10O2. The third-order valence-corrected chi connectivity index (χ3v) is 9.76. The van der Waals surface area contributed by atoms with Gasteiger partial charge < -0.3 is 37.1 Å². The number of aromatic nitrogens is 4. The molecule has 2 aliphatic rings. The van der Waals surface area contributed by atoms with Crippen LogP contribution >= 0.6 is 0 Å². The average Bonchev–Trinajstić information content (AvgIpc) is 3.21. The van der Waals surface area contributed by atoms with Crippen LogP contribution in [0.1, 0.15) is 125 Å². The lowest BCUT2D eigenvalue weighted by Gasteiger charge is -2.28. The second kappa shape index (κ2) is 25.8. The van der Waals surface area contributed by atoms with Crippen LogP contribution in [0.15, 0.2) is 60.9 Å². The second-order valence-corrected chi connectivity index (χ2v) is 16.4. The molecule has 12 nitrogen and oxygen atoms in total. The van der Waals surface area contributed by atoms with Crippen LogP contribution in [0.2, 0.25) is 0 Å². The Morgan fingerprint density at radius 2 is 1.25 bits per heavy atom. The summed E-state index contributed by atoms with van der Waals surface area (Å²) in [5.74, 6) is 15.1. The fourth-order valence-corrected chi connectivity index (χ4v) is 6.86. The van der Waals surface area contributed by atoms with Crippen LogP contribution in [0, 0.1) is 47.2 Å². The van der Waals surface area contributed by atoms with Gasteiger partial charge in [0.15, 0.2) is 0 Å². The van der Waals surface area contributed by atoms with Crippen LogP contribution < -0.4 is 32.3 Å². The van der Waals surface area contributed by atoms with Crippen LogP contribution in [0.4, 0.5) is 48.5 Å². The number of nitrogens with one attached hydrogen (secondary N) is 5. The van der Waals surface area contributed by atoms with Gasteiger partial charge in [-0.05, 0) is 109 Å². The van der Waals surface area contributed by atoms with Crippen molar-refractivity contribution >= 4 is 41.0 Å². The summed E-state index contributed by atoms with van der Waals surface area (Å²) in [7, 11) is 0. The van der Waals surface area contributed by atoms with Gasteiger partial charge >= 0.3 is 6.09 Å². The van der Waals surface area contributed by atoms with E-state index in [-0.39, 0.29) is 50.6 Å². The lowest BCUT2D eigenvalue weighted by Crippen LogP contribution is -2.41. The van der Waals surface area contributed by atoms with Crippen molar-refractivity contribution in [3.63, 3.8) is 0 Å². The lowest BCUT2D eigenvalue weighted by molar-refractivity contribution is 0.0489. The molecule has 63 heavy (non-hydrogen) atoms. The normalized spacial score (nSPS) is 17.8. The summed E-state index contributed by atoms with van der Waals surface area (Å²) in [5.41, 5.74) is 8.19. The van der Waals surface area contributed by atoms with Crippen molar-refractivity contribution < 1.29 is 18.3 Å². The molecule has 0 unspecified atom stereocenters. The number of carbonyl (C=O) groups excluding carboxylic acids is 1. The summed E-state index contributed by atoms with van der Waals surface area (Å²) >= 11 is 0. The number of rotatable bonds is 11. The number of ether oxygens (including phenoxy) is 1. The van der Waals surface area contributed by atoms with Crippen molar-refractivity contribution in [2.45, 2.75) is 131 Å². The summed E-state index contributed by atoms with van der Waals surface area (Å²) in [6, 6.07) is 12.7. The standard InChI is InChI=1S/C26H34FN5O2.C21H26FN5.2CH4/c1-5-14-28-23-19(17-29-24(32-23)30-22-11-7-9-20(27)16-22)13-12-18-8-6-10-21(15-18)31-25(33)34-26(2,3)4;1-2-11-24-20-16(10-9-15-5-3-7-18(23)12-15)14-25-21(27-20)26-19-8-4-6-17(22)13-19;;/h7,9,11,16-18,21H,5-6,8,10,14-15H2,1-4H3,(H,31,33)(H2,28,29,30,32);4,6,8,13-15,18H,2-3,5,7,11-12,23H2,1H3,(H2,24,25,26,27);2*1H4/t18-,21-;15-,18-;;/m00../s1. The molecule has 7 N–H and O–H groups in total. The number of nitrogens with zero attached hydrogens (tertiary/aromatic N) is 4. The maximum absolute atomic E-state index is 13.5. The molecule has 2 fully saturated rings. The quantitative estimate of drug-likeness (QED) is 0.0795. The maximum Gasteiger partial charge on any atom is 0.407 e. The highest BCUT2D eigenvalue weighted by Gasteiger charge is 2.25. The molecule has 0 spiro atoms. The van der Waals surface area contributed by atoms with E-state index < -0.39 is 5.60 Å². The van der Waals surface area contributed by atoms with E-state index in [1.807, 2.05) is 20.8 Å². The fraction of sp³-hybridized carbons (Fsp3) is 0.490. The molecule has 14 heteroatoms. The van der Waals surface area contributed by atoms with Gasteiger partial charge in [-0.2, -0.15) is 9.97 Å². The molecule has 2 saturated carbocycles. The van der Waals surface area contributed by atoms with Crippen molar-refractivity contribution in [1.29, 1.82) is 0 Å². The Morgan fingerprint density at radius 1 is 0.762 bits per heavy atom. The van der Waals surface area contributed by atoms with Gasteiger partial charge in [0.1, 0.15) is 28.9 Å². The Morgan fingerprint density at radius 3 is 1.71 bits per heavy atom. The molecule has 4 atom stereocenters. The van der Waals surface area contributed by atoms with Crippen molar-refractivity contribution in [1.82, 2.24) is 25.3 Å². The molecule has 0 aliphatic heterocycles. The highest BCUT2D eigenvalue weighted by Crippen LogP contribution is 2.26. The van der Waals surface area contributed by atoms with Gasteiger partial charge in [0, 0.05) is 48.4 Å². The number of amides is 1. The Bertz CT molecular complexity index is 2170. The molecule has 2 heterocycles. The first kappa shape index (κ1) is 51.4. The summed E-state index contributed by atoms with van der Waals surface area (Å²) in [6.45, 7) is 11.3. The number of hydrogen-bond donors (Lipinski definition) is 6. The van der Waals surface area contributed by atoms with Gasteiger partial charge in [-0.3, -0.25) is 0 Å². The minimum absolute atomic E-state index is 0. The van der Waals surface area contributed by atoms with Crippen LogP contribution in [0.3, 0.4) is 0 Å². The molecule has 4 aromatic rings. The molecule has 1 amide bonds. The fourth-order valence-electron chi connectivity index (χ4n) is 6.86. The van der Waals surface area contributed by atoms with Crippen molar-refractivity contribution in [3.8, 4) is 23.7 Å². The Hall–Kier alpha value is -5.99. The van der Waals surface area contributed by atoms with E-state index in [4.69, 9.17) is 10.5 Å². The predicted molar refractivity (Wildman–Crippen MR) is 253 cm³/mol. The number of hydrogen-bond acceptors (Lipinski definition) is 11. The van der Waals surface area contributed by atoms with E-state index in [1.165, 1.54) is 24.3 Å². The number of benzene rings is 2. The number of anilines is 6. The molecule has 0 saturated heterocycles. The predicted octanol–water partition coefficient (Wildman–Crippen LogP) is 10.9. The molecule has 2 aromatic heterocycles.